The van der Waals surface area contributed by atoms with Crippen molar-refractivity contribution in [2.45, 2.75) is 38.7 Å². The van der Waals surface area contributed by atoms with Crippen LogP contribution < -0.4 is 4.74 Å². The lowest BCUT2D eigenvalue weighted by molar-refractivity contribution is -0.00569. The Kier molecular flexibility index (Phi) is 3.94. The standard InChI is InChI=1S/C22H22N4O3/c1-14-4-5-18-16(12-14)17(27)13-22(29-18)6-10-25(11-7-22)21(28)19-15(2)24-26-9-3-8-23-20(19)26/h3-5,8-9,12H,6-7,10-11,13H2,1-2H3. The van der Waals surface area contributed by atoms with Crippen molar-refractivity contribution in [2.24, 2.45) is 0 Å². The lowest BCUT2D eigenvalue weighted by Gasteiger charge is -2.44. The monoisotopic (exact) mass is 390 g/mol. The van der Waals surface area contributed by atoms with E-state index < -0.39 is 5.60 Å². The van der Waals surface area contributed by atoms with E-state index in [9.17, 15) is 9.59 Å². The smallest absolute Gasteiger partial charge is 0.259 e. The number of benzene rings is 1. The number of hydrogen-bond donors (Lipinski definition) is 0. The number of hydrogen-bond acceptors (Lipinski definition) is 5. The molecule has 1 aromatic carbocycles. The highest BCUT2D eigenvalue weighted by atomic mass is 16.5. The number of amides is 1. The number of ketones is 1. The zero-order valence-corrected chi connectivity index (χ0v) is 16.5. The molecule has 0 aliphatic carbocycles. The number of carbonyl (C=O) groups is 2. The summed E-state index contributed by atoms with van der Waals surface area (Å²) >= 11 is 0. The van der Waals surface area contributed by atoms with Gasteiger partial charge in [0.25, 0.3) is 5.91 Å². The maximum Gasteiger partial charge on any atom is 0.259 e. The second-order valence-corrected chi connectivity index (χ2v) is 8.03. The van der Waals surface area contributed by atoms with Crippen molar-refractivity contribution < 1.29 is 14.3 Å². The fraction of sp³-hybridized carbons (Fsp3) is 0.364. The van der Waals surface area contributed by atoms with Gasteiger partial charge in [0, 0.05) is 38.3 Å². The molecule has 2 aromatic heterocycles. The molecule has 0 unspecified atom stereocenters. The van der Waals surface area contributed by atoms with Crippen LogP contribution in [-0.4, -0.2) is 49.9 Å². The van der Waals surface area contributed by atoms with E-state index in [-0.39, 0.29) is 11.7 Å². The Balaban J connectivity index is 1.36. The average Bonchev–Trinajstić information content (AvgIpc) is 3.04. The largest absolute Gasteiger partial charge is 0.486 e. The van der Waals surface area contributed by atoms with Gasteiger partial charge in [-0.15, -0.1) is 0 Å². The van der Waals surface area contributed by atoms with Crippen molar-refractivity contribution in [1.82, 2.24) is 19.5 Å². The number of aromatic nitrogens is 3. The molecule has 3 aromatic rings. The first-order valence-electron chi connectivity index (χ1n) is 9.88. The minimum Gasteiger partial charge on any atom is -0.486 e. The molecule has 4 heterocycles. The van der Waals surface area contributed by atoms with Crippen molar-refractivity contribution in [3.63, 3.8) is 0 Å². The Labute approximate surface area is 168 Å². The topological polar surface area (TPSA) is 76.8 Å². The number of rotatable bonds is 1. The summed E-state index contributed by atoms with van der Waals surface area (Å²) in [5.41, 5.74) is 2.98. The van der Waals surface area contributed by atoms with Crippen LogP contribution in [0.5, 0.6) is 5.75 Å². The first kappa shape index (κ1) is 17.8. The maximum absolute atomic E-state index is 13.2. The zero-order valence-electron chi connectivity index (χ0n) is 16.5. The Bertz CT molecular complexity index is 1140. The van der Waals surface area contributed by atoms with Crippen LogP contribution in [-0.2, 0) is 0 Å². The fourth-order valence-electron chi connectivity index (χ4n) is 4.41. The van der Waals surface area contributed by atoms with E-state index in [0.717, 1.165) is 5.56 Å². The molecule has 2 aliphatic rings. The molecule has 0 N–H and O–H groups in total. The van der Waals surface area contributed by atoms with Gasteiger partial charge in [0.2, 0.25) is 0 Å². The lowest BCUT2D eigenvalue weighted by Crippen LogP contribution is -2.52. The summed E-state index contributed by atoms with van der Waals surface area (Å²) < 4.78 is 7.95. The average molecular weight is 390 g/mol. The summed E-state index contributed by atoms with van der Waals surface area (Å²) in [6, 6.07) is 7.53. The van der Waals surface area contributed by atoms with E-state index in [1.165, 1.54) is 0 Å². The van der Waals surface area contributed by atoms with Gasteiger partial charge in [-0.1, -0.05) is 11.6 Å². The first-order valence-corrected chi connectivity index (χ1v) is 9.88. The Hall–Kier alpha value is -3.22. The third-order valence-electron chi connectivity index (χ3n) is 5.99. The van der Waals surface area contributed by atoms with E-state index in [0.29, 0.717) is 60.6 Å². The molecule has 1 fully saturated rings. The molecule has 29 heavy (non-hydrogen) atoms. The zero-order chi connectivity index (χ0) is 20.2. The minimum absolute atomic E-state index is 0.0655. The maximum atomic E-state index is 13.2. The van der Waals surface area contributed by atoms with E-state index >= 15 is 0 Å². The Morgan fingerprint density at radius 3 is 2.79 bits per heavy atom. The van der Waals surface area contributed by atoms with E-state index in [2.05, 4.69) is 10.1 Å². The summed E-state index contributed by atoms with van der Waals surface area (Å²) in [7, 11) is 0. The van der Waals surface area contributed by atoms with Crippen LogP contribution >= 0.6 is 0 Å². The number of fused-ring (bicyclic) bond motifs is 2. The van der Waals surface area contributed by atoms with Crippen LogP contribution in [0.25, 0.3) is 5.65 Å². The normalized spacial score (nSPS) is 18.0. The number of aryl methyl sites for hydroxylation is 2. The van der Waals surface area contributed by atoms with Gasteiger partial charge >= 0.3 is 0 Å². The van der Waals surface area contributed by atoms with E-state index in [1.54, 1.807) is 23.0 Å². The van der Waals surface area contributed by atoms with Gasteiger partial charge in [-0.3, -0.25) is 9.59 Å². The van der Waals surface area contributed by atoms with Crippen molar-refractivity contribution in [3.05, 3.63) is 59.0 Å². The van der Waals surface area contributed by atoms with Gasteiger partial charge in [0.05, 0.1) is 17.7 Å². The third kappa shape index (κ3) is 2.88. The molecule has 7 nitrogen and oxygen atoms in total. The predicted octanol–water partition coefficient (Wildman–Crippen LogP) is 2.99. The molecular formula is C22H22N4O3. The van der Waals surface area contributed by atoms with Crippen LogP contribution in [0.4, 0.5) is 0 Å². The predicted molar refractivity (Wildman–Crippen MR) is 106 cm³/mol. The van der Waals surface area contributed by atoms with Crippen molar-refractivity contribution >= 4 is 17.3 Å². The molecule has 0 atom stereocenters. The first-order chi connectivity index (χ1) is 14.0. The van der Waals surface area contributed by atoms with Gasteiger partial charge in [-0.05, 0) is 32.0 Å². The second kappa shape index (κ2) is 6.40. The van der Waals surface area contributed by atoms with Gasteiger partial charge in [0.1, 0.15) is 16.9 Å². The highest BCUT2D eigenvalue weighted by Gasteiger charge is 2.44. The minimum atomic E-state index is -0.523. The lowest BCUT2D eigenvalue weighted by atomic mass is 9.82. The van der Waals surface area contributed by atoms with Crippen LogP contribution in [0, 0.1) is 13.8 Å². The van der Waals surface area contributed by atoms with E-state index in [1.807, 2.05) is 36.9 Å². The molecule has 7 heteroatoms. The summed E-state index contributed by atoms with van der Waals surface area (Å²) in [5.74, 6) is 0.718. The number of likely N-dealkylation sites (tertiary alicyclic amines) is 1. The Morgan fingerprint density at radius 2 is 2.00 bits per heavy atom. The third-order valence-corrected chi connectivity index (χ3v) is 5.99. The number of nitrogens with zero attached hydrogens (tertiary/aromatic N) is 4. The molecular weight excluding hydrogens is 368 g/mol. The molecule has 148 valence electrons. The Morgan fingerprint density at radius 1 is 1.21 bits per heavy atom. The number of carbonyl (C=O) groups excluding carboxylic acids is 2. The summed E-state index contributed by atoms with van der Waals surface area (Å²) in [6.45, 7) is 4.88. The van der Waals surface area contributed by atoms with Gasteiger partial charge in [0.15, 0.2) is 11.4 Å². The second-order valence-electron chi connectivity index (χ2n) is 8.03. The highest BCUT2D eigenvalue weighted by Crippen LogP contribution is 2.40. The van der Waals surface area contributed by atoms with Crippen molar-refractivity contribution in [2.75, 3.05) is 13.1 Å². The van der Waals surface area contributed by atoms with Gasteiger partial charge in [-0.2, -0.15) is 5.10 Å². The van der Waals surface area contributed by atoms with Gasteiger partial charge in [-0.25, -0.2) is 9.50 Å². The van der Waals surface area contributed by atoms with E-state index in [4.69, 9.17) is 4.74 Å². The van der Waals surface area contributed by atoms with Crippen LogP contribution in [0.15, 0.2) is 36.7 Å². The highest BCUT2D eigenvalue weighted by molar-refractivity contribution is 6.02. The molecule has 0 bridgehead atoms. The van der Waals surface area contributed by atoms with Crippen LogP contribution in [0.3, 0.4) is 0 Å². The number of ether oxygens (including phenoxy) is 1. The van der Waals surface area contributed by atoms with Gasteiger partial charge < -0.3 is 9.64 Å². The fourth-order valence-corrected chi connectivity index (χ4v) is 4.41. The molecule has 1 amide bonds. The van der Waals surface area contributed by atoms with Crippen LogP contribution in [0.2, 0.25) is 0 Å². The molecule has 0 radical (unpaired) electrons. The molecule has 1 saturated heterocycles. The molecule has 0 saturated carbocycles. The van der Waals surface area contributed by atoms with Crippen LogP contribution in [0.1, 0.15) is 51.2 Å². The number of Topliss-reactive ketones (excluding diaryl/α,β-unsaturated/α-hetero) is 1. The SMILES string of the molecule is Cc1ccc2c(c1)C(=O)CC1(CCN(C(=O)c3c(C)nn4cccnc34)CC1)O2. The molecule has 1 spiro atoms. The number of piperidine rings is 1. The molecule has 2 aliphatic heterocycles. The summed E-state index contributed by atoms with van der Waals surface area (Å²) in [5, 5.41) is 4.39. The van der Waals surface area contributed by atoms with Crippen molar-refractivity contribution in [3.8, 4) is 5.75 Å². The van der Waals surface area contributed by atoms with Crippen molar-refractivity contribution in [1.29, 1.82) is 0 Å². The summed E-state index contributed by atoms with van der Waals surface area (Å²) in [6.07, 6.45) is 5.08. The molecule has 5 rings (SSSR count). The summed E-state index contributed by atoms with van der Waals surface area (Å²) in [4.78, 5) is 32.1. The quantitative estimate of drug-likeness (QED) is 0.638.